The zero-order valence-corrected chi connectivity index (χ0v) is 14.4. The lowest BCUT2D eigenvalue weighted by molar-refractivity contribution is -0.121. The first kappa shape index (κ1) is 17.9. The van der Waals surface area contributed by atoms with Gasteiger partial charge in [0.1, 0.15) is 0 Å². The van der Waals surface area contributed by atoms with E-state index in [9.17, 15) is 4.79 Å². The molecule has 5 heteroatoms. The quantitative estimate of drug-likeness (QED) is 0.869. The van der Waals surface area contributed by atoms with Crippen LogP contribution in [0.5, 0.6) is 0 Å². The molecule has 23 heavy (non-hydrogen) atoms. The number of para-hydroxylation sites is 1. The van der Waals surface area contributed by atoms with Crippen molar-refractivity contribution in [1.29, 1.82) is 0 Å². The Morgan fingerprint density at radius 2 is 2.09 bits per heavy atom. The molecule has 5 nitrogen and oxygen atoms in total. The first-order valence-corrected chi connectivity index (χ1v) is 8.40. The summed E-state index contributed by atoms with van der Waals surface area (Å²) in [6.07, 6.45) is 2.10. The maximum Gasteiger partial charge on any atom is 0.241 e. The third-order valence-electron chi connectivity index (χ3n) is 4.55. The topological polar surface area (TPSA) is 58.8 Å². The Balaban J connectivity index is 2.06. The molecule has 0 aliphatic carbocycles. The zero-order valence-electron chi connectivity index (χ0n) is 14.4. The first-order valence-electron chi connectivity index (χ1n) is 8.40. The average molecular weight is 319 g/mol. The third kappa shape index (κ3) is 4.53. The molecule has 1 aliphatic heterocycles. The summed E-state index contributed by atoms with van der Waals surface area (Å²) in [5.74, 6) is 0.125. The van der Waals surface area contributed by atoms with Crippen LogP contribution in [0.3, 0.4) is 0 Å². The number of amides is 1. The van der Waals surface area contributed by atoms with Gasteiger partial charge in [0.15, 0.2) is 0 Å². The van der Waals surface area contributed by atoms with E-state index in [-0.39, 0.29) is 24.1 Å². The van der Waals surface area contributed by atoms with Crippen LogP contribution < -0.4 is 10.6 Å². The Hall–Kier alpha value is -1.43. The van der Waals surface area contributed by atoms with Crippen molar-refractivity contribution < 1.29 is 9.53 Å². The Kier molecular flexibility index (Phi) is 6.57. The lowest BCUT2D eigenvalue weighted by Gasteiger charge is -2.39. The molecule has 2 rings (SSSR count). The molecular formula is C18H29N3O2. The van der Waals surface area contributed by atoms with Crippen LogP contribution in [-0.2, 0) is 9.53 Å². The maximum absolute atomic E-state index is 12.9. The number of nitrogens with two attached hydrogens (primary N) is 1. The van der Waals surface area contributed by atoms with E-state index in [0.717, 1.165) is 25.1 Å². The number of benzene rings is 1. The summed E-state index contributed by atoms with van der Waals surface area (Å²) < 4.78 is 5.45. The minimum absolute atomic E-state index is 0.123. The fraction of sp³-hybridized carbons (Fsp3) is 0.611. The van der Waals surface area contributed by atoms with Crippen molar-refractivity contribution in [3.63, 3.8) is 0 Å². The number of anilines is 1. The average Bonchev–Trinajstić information content (AvgIpc) is 2.56. The number of rotatable bonds is 6. The second-order valence-electron chi connectivity index (χ2n) is 6.44. The molecule has 1 heterocycles. The number of carbonyl (C=O) groups excluding carboxylic acids is 1. The predicted molar refractivity (Wildman–Crippen MR) is 93.5 cm³/mol. The molecule has 0 saturated carbocycles. The number of hydrogen-bond donors (Lipinski definition) is 1. The highest BCUT2D eigenvalue weighted by molar-refractivity contribution is 5.95. The first-order chi connectivity index (χ1) is 11.1. The number of hydrogen-bond acceptors (Lipinski definition) is 4. The molecule has 1 aliphatic rings. The molecule has 1 aromatic rings. The summed E-state index contributed by atoms with van der Waals surface area (Å²) in [5.41, 5.74) is 6.86. The van der Waals surface area contributed by atoms with Crippen LogP contribution >= 0.6 is 0 Å². The van der Waals surface area contributed by atoms with Gasteiger partial charge in [0, 0.05) is 38.0 Å². The molecule has 128 valence electrons. The fourth-order valence-electron chi connectivity index (χ4n) is 3.30. The molecule has 1 amide bonds. The van der Waals surface area contributed by atoms with E-state index in [1.807, 2.05) is 49.1 Å². The Bertz CT molecular complexity index is 492. The van der Waals surface area contributed by atoms with E-state index in [2.05, 4.69) is 4.90 Å². The van der Waals surface area contributed by atoms with Gasteiger partial charge in [0.25, 0.3) is 0 Å². The number of nitrogens with zero attached hydrogens (tertiary/aromatic N) is 2. The SMILES string of the molecule is COC1CCN(CC(=O)N(c2ccccc2)C(C)C)C(CN)C1. The minimum Gasteiger partial charge on any atom is -0.381 e. The summed E-state index contributed by atoms with van der Waals surface area (Å²) in [7, 11) is 1.74. The van der Waals surface area contributed by atoms with Gasteiger partial charge in [-0.15, -0.1) is 0 Å². The largest absolute Gasteiger partial charge is 0.381 e. The smallest absolute Gasteiger partial charge is 0.241 e. The van der Waals surface area contributed by atoms with E-state index in [1.54, 1.807) is 7.11 Å². The number of carbonyl (C=O) groups is 1. The molecule has 2 N–H and O–H groups in total. The van der Waals surface area contributed by atoms with Crippen LogP contribution in [0.1, 0.15) is 26.7 Å². The highest BCUT2D eigenvalue weighted by Crippen LogP contribution is 2.21. The van der Waals surface area contributed by atoms with Gasteiger partial charge < -0.3 is 15.4 Å². The van der Waals surface area contributed by atoms with E-state index in [1.165, 1.54) is 0 Å². The van der Waals surface area contributed by atoms with E-state index in [4.69, 9.17) is 10.5 Å². The monoisotopic (exact) mass is 319 g/mol. The van der Waals surface area contributed by atoms with Crippen molar-refractivity contribution in [3.05, 3.63) is 30.3 Å². The number of ether oxygens (including phenoxy) is 1. The fourth-order valence-corrected chi connectivity index (χ4v) is 3.30. The summed E-state index contributed by atoms with van der Waals surface area (Å²) in [6.45, 7) is 5.91. The lowest BCUT2D eigenvalue weighted by Crippen LogP contribution is -2.53. The summed E-state index contributed by atoms with van der Waals surface area (Å²) in [4.78, 5) is 17.0. The highest BCUT2D eigenvalue weighted by atomic mass is 16.5. The van der Waals surface area contributed by atoms with Crippen LogP contribution in [0.15, 0.2) is 30.3 Å². The molecule has 2 atom stereocenters. The van der Waals surface area contributed by atoms with Crippen molar-refractivity contribution in [2.24, 2.45) is 5.73 Å². The molecule has 1 saturated heterocycles. The van der Waals surface area contributed by atoms with Crippen LogP contribution in [0.4, 0.5) is 5.69 Å². The highest BCUT2D eigenvalue weighted by Gasteiger charge is 2.30. The number of likely N-dealkylation sites (tertiary alicyclic amines) is 1. The Morgan fingerprint density at radius 1 is 1.39 bits per heavy atom. The van der Waals surface area contributed by atoms with Crippen LogP contribution in [0.25, 0.3) is 0 Å². The van der Waals surface area contributed by atoms with E-state index < -0.39 is 0 Å². The van der Waals surface area contributed by atoms with Gasteiger partial charge in [0.05, 0.1) is 12.6 Å². The van der Waals surface area contributed by atoms with E-state index >= 15 is 0 Å². The van der Waals surface area contributed by atoms with Gasteiger partial charge in [-0.3, -0.25) is 9.69 Å². The van der Waals surface area contributed by atoms with Crippen LogP contribution in [0, 0.1) is 0 Å². The summed E-state index contributed by atoms with van der Waals surface area (Å²) >= 11 is 0. The molecule has 1 fully saturated rings. The number of piperidine rings is 1. The maximum atomic E-state index is 12.9. The van der Waals surface area contributed by atoms with Gasteiger partial charge in [-0.05, 0) is 38.8 Å². The minimum atomic E-state index is 0.123. The molecule has 0 bridgehead atoms. The summed E-state index contributed by atoms with van der Waals surface area (Å²) in [6, 6.07) is 10.2. The molecule has 2 unspecified atom stereocenters. The van der Waals surface area contributed by atoms with Crippen LogP contribution in [0.2, 0.25) is 0 Å². The van der Waals surface area contributed by atoms with Crippen molar-refractivity contribution in [2.45, 2.75) is 44.9 Å². The van der Waals surface area contributed by atoms with Gasteiger partial charge in [0.2, 0.25) is 5.91 Å². The molecule has 0 aromatic heterocycles. The molecule has 0 radical (unpaired) electrons. The normalized spacial score (nSPS) is 22.3. The van der Waals surface area contributed by atoms with E-state index in [0.29, 0.717) is 13.1 Å². The second kappa shape index (κ2) is 8.43. The molecule has 1 aromatic carbocycles. The zero-order chi connectivity index (χ0) is 16.8. The molecular weight excluding hydrogens is 290 g/mol. The van der Waals surface area contributed by atoms with Crippen molar-refractivity contribution in [2.75, 3.05) is 31.6 Å². The Labute approximate surface area is 139 Å². The van der Waals surface area contributed by atoms with Gasteiger partial charge in [-0.25, -0.2) is 0 Å². The predicted octanol–water partition coefficient (Wildman–Crippen LogP) is 1.87. The van der Waals surface area contributed by atoms with Gasteiger partial charge in [-0.2, -0.15) is 0 Å². The van der Waals surface area contributed by atoms with Crippen LogP contribution in [-0.4, -0.2) is 55.7 Å². The summed E-state index contributed by atoms with van der Waals surface area (Å²) in [5, 5.41) is 0. The number of methoxy groups -OCH3 is 1. The third-order valence-corrected chi connectivity index (χ3v) is 4.55. The van der Waals surface area contributed by atoms with Crippen molar-refractivity contribution in [1.82, 2.24) is 4.90 Å². The Morgan fingerprint density at radius 3 is 2.65 bits per heavy atom. The van der Waals surface area contributed by atoms with Gasteiger partial charge in [-0.1, -0.05) is 18.2 Å². The second-order valence-corrected chi connectivity index (χ2v) is 6.44. The van der Waals surface area contributed by atoms with Gasteiger partial charge >= 0.3 is 0 Å². The standard InChI is InChI=1S/C18H29N3O2/c1-14(2)21(15-7-5-4-6-8-15)18(22)13-20-10-9-17(23-3)11-16(20)12-19/h4-8,14,16-17H,9-13,19H2,1-3H3. The molecule has 0 spiro atoms. The van der Waals surface area contributed by atoms with Crippen molar-refractivity contribution in [3.8, 4) is 0 Å². The lowest BCUT2D eigenvalue weighted by atomic mass is 9.99. The van der Waals surface area contributed by atoms with Crippen molar-refractivity contribution >= 4 is 11.6 Å².